The summed E-state index contributed by atoms with van der Waals surface area (Å²) in [4.78, 5) is 35.9. The monoisotopic (exact) mass is 446 g/mol. The third-order valence-corrected chi connectivity index (χ3v) is 4.95. The van der Waals surface area contributed by atoms with E-state index in [9.17, 15) is 19.7 Å². The second-order valence-corrected chi connectivity index (χ2v) is 6.97. The summed E-state index contributed by atoms with van der Waals surface area (Å²) >= 11 is 6.11. The highest BCUT2D eigenvalue weighted by molar-refractivity contribution is 6.32. The molecule has 0 aromatic heterocycles. The summed E-state index contributed by atoms with van der Waals surface area (Å²) in [6.45, 7) is 1.57. The van der Waals surface area contributed by atoms with Gasteiger partial charge in [-0.1, -0.05) is 23.7 Å². The smallest absolute Gasteiger partial charge is 0.319 e. The van der Waals surface area contributed by atoms with Crippen LogP contribution >= 0.6 is 11.6 Å². The van der Waals surface area contributed by atoms with Gasteiger partial charge in [-0.3, -0.25) is 14.9 Å². The summed E-state index contributed by atoms with van der Waals surface area (Å²) in [7, 11) is 2.86. The SMILES string of the molecule is COc1cc(NC(=O)C2=C(C)NC(=O)NC2c2cccc([N+](=O)[O-])c2)c(OC)cc1Cl. The quantitative estimate of drug-likeness (QED) is 0.459. The van der Waals surface area contributed by atoms with Crippen LogP contribution in [0.2, 0.25) is 5.02 Å². The molecular weight excluding hydrogens is 428 g/mol. The molecule has 0 bridgehead atoms. The molecule has 1 atom stereocenters. The van der Waals surface area contributed by atoms with Gasteiger partial charge in [-0.15, -0.1) is 0 Å². The number of methoxy groups -OCH3 is 2. The molecule has 2 aromatic carbocycles. The number of amides is 3. The van der Waals surface area contributed by atoms with E-state index in [1.165, 1.54) is 44.6 Å². The lowest BCUT2D eigenvalue weighted by molar-refractivity contribution is -0.384. The first-order valence-electron chi connectivity index (χ1n) is 9.00. The van der Waals surface area contributed by atoms with E-state index in [0.717, 1.165) is 0 Å². The number of urea groups is 1. The lowest BCUT2D eigenvalue weighted by Gasteiger charge is -2.28. The van der Waals surface area contributed by atoms with Crippen LogP contribution in [-0.4, -0.2) is 31.1 Å². The molecule has 11 heteroatoms. The van der Waals surface area contributed by atoms with Gasteiger partial charge >= 0.3 is 6.03 Å². The van der Waals surface area contributed by atoms with Crippen LogP contribution in [0.1, 0.15) is 18.5 Å². The Balaban J connectivity index is 2.01. The first kappa shape index (κ1) is 21.9. The van der Waals surface area contributed by atoms with E-state index in [-0.39, 0.29) is 11.3 Å². The number of benzene rings is 2. The molecule has 10 nitrogen and oxygen atoms in total. The summed E-state index contributed by atoms with van der Waals surface area (Å²) < 4.78 is 10.5. The summed E-state index contributed by atoms with van der Waals surface area (Å²) in [5.41, 5.74) is 0.999. The van der Waals surface area contributed by atoms with Crippen LogP contribution in [0.25, 0.3) is 0 Å². The van der Waals surface area contributed by atoms with Crippen molar-refractivity contribution in [3.8, 4) is 11.5 Å². The molecule has 0 spiro atoms. The molecule has 0 fully saturated rings. The number of hydrogen-bond acceptors (Lipinski definition) is 6. The van der Waals surface area contributed by atoms with Crippen LogP contribution in [0.15, 0.2) is 47.7 Å². The van der Waals surface area contributed by atoms with Gasteiger partial charge in [0.25, 0.3) is 11.6 Å². The molecule has 1 unspecified atom stereocenters. The number of nitro groups is 1. The van der Waals surface area contributed by atoms with Gasteiger partial charge in [-0.25, -0.2) is 4.79 Å². The van der Waals surface area contributed by atoms with Crippen molar-refractivity contribution >= 4 is 34.9 Å². The number of non-ortho nitro benzene ring substituents is 1. The van der Waals surface area contributed by atoms with Crippen molar-refractivity contribution in [2.75, 3.05) is 19.5 Å². The van der Waals surface area contributed by atoms with Crippen LogP contribution < -0.4 is 25.4 Å². The number of halogens is 1. The zero-order chi connectivity index (χ0) is 22.7. The topological polar surface area (TPSA) is 132 Å². The van der Waals surface area contributed by atoms with E-state index in [1.54, 1.807) is 13.0 Å². The van der Waals surface area contributed by atoms with Crippen molar-refractivity contribution in [1.29, 1.82) is 0 Å². The lowest BCUT2D eigenvalue weighted by Crippen LogP contribution is -2.46. The lowest BCUT2D eigenvalue weighted by atomic mass is 9.94. The Hall–Kier alpha value is -3.79. The number of carbonyl (C=O) groups excluding carboxylic acids is 2. The number of nitrogens with one attached hydrogen (secondary N) is 3. The van der Waals surface area contributed by atoms with Crippen molar-refractivity contribution in [3.05, 3.63) is 68.4 Å². The zero-order valence-corrected chi connectivity index (χ0v) is 17.6. The van der Waals surface area contributed by atoms with Gasteiger partial charge in [-0.2, -0.15) is 0 Å². The fourth-order valence-corrected chi connectivity index (χ4v) is 3.44. The average molecular weight is 447 g/mol. The van der Waals surface area contributed by atoms with E-state index >= 15 is 0 Å². The second-order valence-electron chi connectivity index (χ2n) is 6.56. The first-order valence-corrected chi connectivity index (χ1v) is 9.38. The van der Waals surface area contributed by atoms with Crippen LogP contribution in [-0.2, 0) is 4.79 Å². The molecule has 1 heterocycles. The number of nitro benzene ring substituents is 1. The Bertz CT molecular complexity index is 1100. The van der Waals surface area contributed by atoms with Gasteiger partial charge in [0.15, 0.2) is 0 Å². The maximum absolute atomic E-state index is 13.2. The van der Waals surface area contributed by atoms with Gasteiger partial charge in [-0.05, 0) is 12.5 Å². The fraction of sp³-hybridized carbons (Fsp3) is 0.200. The molecule has 3 amide bonds. The number of nitrogens with zero attached hydrogens (tertiary/aromatic N) is 1. The molecule has 0 radical (unpaired) electrons. The third kappa shape index (κ3) is 4.53. The molecule has 3 N–H and O–H groups in total. The molecule has 162 valence electrons. The van der Waals surface area contributed by atoms with Crippen molar-refractivity contribution in [2.24, 2.45) is 0 Å². The van der Waals surface area contributed by atoms with Crippen molar-refractivity contribution < 1.29 is 24.0 Å². The van der Waals surface area contributed by atoms with Crippen molar-refractivity contribution in [3.63, 3.8) is 0 Å². The number of hydrogen-bond donors (Lipinski definition) is 3. The van der Waals surface area contributed by atoms with Crippen molar-refractivity contribution in [1.82, 2.24) is 10.6 Å². The highest BCUT2D eigenvalue weighted by Gasteiger charge is 2.32. The maximum Gasteiger partial charge on any atom is 0.319 e. The van der Waals surface area contributed by atoms with Crippen LogP contribution in [0.5, 0.6) is 11.5 Å². The Morgan fingerprint density at radius 1 is 1.19 bits per heavy atom. The Labute approximate surface area is 182 Å². The molecule has 0 saturated carbocycles. The van der Waals surface area contributed by atoms with E-state index in [0.29, 0.717) is 33.5 Å². The number of anilines is 1. The third-order valence-electron chi connectivity index (χ3n) is 4.65. The van der Waals surface area contributed by atoms with Crippen LogP contribution in [0, 0.1) is 10.1 Å². The molecular formula is C20H19ClN4O6. The second kappa shape index (κ2) is 8.92. The summed E-state index contributed by atoms with van der Waals surface area (Å²) in [5, 5.41) is 19.4. The Morgan fingerprint density at radius 3 is 2.55 bits per heavy atom. The summed E-state index contributed by atoms with van der Waals surface area (Å²) in [5.74, 6) is 0.0788. The fourth-order valence-electron chi connectivity index (χ4n) is 3.21. The van der Waals surface area contributed by atoms with Crippen molar-refractivity contribution in [2.45, 2.75) is 13.0 Å². The Kier molecular flexibility index (Phi) is 6.30. The molecule has 1 aliphatic rings. The van der Waals surface area contributed by atoms with E-state index in [2.05, 4.69) is 16.0 Å². The number of carbonyl (C=O) groups is 2. The number of ether oxygens (including phenoxy) is 2. The van der Waals surface area contributed by atoms with Crippen LogP contribution in [0.4, 0.5) is 16.2 Å². The van der Waals surface area contributed by atoms with Gasteiger partial charge in [0, 0.05) is 30.0 Å². The van der Waals surface area contributed by atoms with Gasteiger partial charge in [0.1, 0.15) is 11.5 Å². The molecule has 1 aliphatic heterocycles. The van der Waals surface area contributed by atoms with Gasteiger partial charge < -0.3 is 25.4 Å². The highest BCUT2D eigenvalue weighted by atomic mass is 35.5. The van der Waals surface area contributed by atoms with Crippen LogP contribution in [0.3, 0.4) is 0 Å². The number of allylic oxidation sites excluding steroid dienone is 1. The molecule has 0 saturated heterocycles. The predicted molar refractivity (Wildman–Crippen MR) is 113 cm³/mol. The minimum atomic E-state index is -0.908. The minimum Gasteiger partial charge on any atom is -0.495 e. The van der Waals surface area contributed by atoms with E-state index in [1.807, 2.05) is 0 Å². The van der Waals surface area contributed by atoms with E-state index in [4.69, 9.17) is 21.1 Å². The predicted octanol–water partition coefficient (Wildman–Crippen LogP) is 3.53. The highest BCUT2D eigenvalue weighted by Crippen LogP contribution is 2.37. The summed E-state index contributed by atoms with van der Waals surface area (Å²) in [6, 6.07) is 7.28. The molecule has 0 aliphatic carbocycles. The Morgan fingerprint density at radius 2 is 1.90 bits per heavy atom. The molecule has 31 heavy (non-hydrogen) atoms. The maximum atomic E-state index is 13.2. The zero-order valence-electron chi connectivity index (χ0n) is 16.8. The minimum absolute atomic E-state index is 0.160. The number of rotatable bonds is 6. The first-order chi connectivity index (χ1) is 14.7. The molecule has 2 aromatic rings. The van der Waals surface area contributed by atoms with Gasteiger partial charge in [0.2, 0.25) is 0 Å². The normalized spacial score (nSPS) is 15.6. The standard InChI is InChI=1S/C20H19ClN4O6/c1-10-17(19(26)23-14-9-15(30-2)13(21)8-16(14)31-3)18(24-20(27)22-10)11-5-4-6-12(7-11)25(28)29/h4-9,18H,1-3H3,(H,23,26)(H2,22,24,27). The van der Waals surface area contributed by atoms with Gasteiger partial charge in [0.05, 0.1) is 41.5 Å². The molecule has 3 rings (SSSR count). The average Bonchev–Trinajstić information content (AvgIpc) is 2.73. The van der Waals surface area contributed by atoms with E-state index < -0.39 is 22.9 Å². The largest absolute Gasteiger partial charge is 0.495 e. The summed E-state index contributed by atoms with van der Waals surface area (Å²) in [6.07, 6.45) is 0.